The lowest BCUT2D eigenvalue weighted by Crippen LogP contribution is -2.00. The molecular formula is C15H15ClO. The van der Waals surface area contributed by atoms with E-state index >= 15 is 0 Å². The van der Waals surface area contributed by atoms with E-state index in [9.17, 15) is 0 Å². The average molecular weight is 247 g/mol. The molecule has 0 unspecified atom stereocenters. The van der Waals surface area contributed by atoms with Crippen molar-refractivity contribution in [1.82, 2.24) is 0 Å². The van der Waals surface area contributed by atoms with Gasteiger partial charge in [-0.15, -0.1) is 0 Å². The molecule has 0 saturated carbocycles. The number of aryl methyl sites for hydroxylation is 2. The summed E-state index contributed by atoms with van der Waals surface area (Å²) >= 11 is 5.91. The lowest BCUT2D eigenvalue weighted by Gasteiger charge is -2.11. The summed E-state index contributed by atoms with van der Waals surface area (Å²) < 4.78 is 5.75. The normalized spacial score (nSPS) is 10.3. The Morgan fingerprint density at radius 1 is 1.00 bits per heavy atom. The SMILES string of the molecule is Cc1cccc(C)c1COc1cccc(Cl)c1. The van der Waals surface area contributed by atoms with Crippen LogP contribution in [0.3, 0.4) is 0 Å². The Balaban J connectivity index is 2.13. The summed E-state index contributed by atoms with van der Waals surface area (Å²) in [6, 6.07) is 13.7. The van der Waals surface area contributed by atoms with Gasteiger partial charge >= 0.3 is 0 Å². The fourth-order valence-corrected chi connectivity index (χ4v) is 1.97. The molecule has 0 spiro atoms. The molecule has 17 heavy (non-hydrogen) atoms. The van der Waals surface area contributed by atoms with Crippen LogP contribution in [0.25, 0.3) is 0 Å². The van der Waals surface area contributed by atoms with Crippen molar-refractivity contribution >= 4 is 11.6 Å². The topological polar surface area (TPSA) is 9.23 Å². The summed E-state index contributed by atoms with van der Waals surface area (Å²) in [5.41, 5.74) is 3.76. The number of benzene rings is 2. The molecule has 0 aromatic heterocycles. The van der Waals surface area contributed by atoms with Crippen LogP contribution in [0.2, 0.25) is 5.02 Å². The van der Waals surface area contributed by atoms with Crippen molar-refractivity contribution in [2.75, 3.05) is 0 Å². The minimum atomic E-state index is 0.582. The van der Waals surface area contributed by atoms with Gasteiger partial charge in [-0.25, -0.2) is 0 Å². The van der Waals surface area contributed by atoms with Gasteiger partial charge in [0, 0.05) is 5.02 Å². The molecule has 0 radical (unpaired) electrons. The van der Waals surface area contributed by atoms with Crippen LogP contribution >= 0.6 is 11.6 Å². The number of hydrogen-bond acceptors (Lipinski definition) is 1. The van der Waals surface area contributed by atoms with Gasteiger partial charge in [0.2, 0.25) is 0 Å². The third kappa shape index (κ3) is 3.01. The van der Waals surface area contributed by atoms with Gasteiger partial charge in [-0.3, -0.25) is 0 Å². The molecule has 88 valence electrons. The first kappa shape index (κ1) is 12.0. The van der Waals surface area contributed by atoms with Crippen LogP contribution in [0, 0.1) is 13.8 Å². The molecular weight excluding hydrogens is 232 g/mol. The molecule has 0 heterocycles. The summed E-state index contributed by atoms with van der Waals surface area (Å²) in [7, 11) is 0. The standard InChI is InChI=1S/C15H15ClO/c1-11-5-3-6-12(2)15(11)10-17-14-8-4-7-13(16)9-14/h3-9H,10H2,1-2H3. The molecule has 0 N–H and O–H groups in total. The molecule has 2 heteroatoms. The second kappa shape index (κ2) is 5.24. The lowest BCUT2D eigenvalue weighted by molar-refractivity contribution is 0.304. The van der Waals surface area contributed by atoms with E-state index in [-0.39, 0.29) is 0 Å². The summed E-state index contributed by atoms with van der Waals surface area (Å²) in [6.45, 7) is 4.78. The Kier molecular flexibility index (Phi) is 3.70. The zero-order valence-corrected chi connectivity index (χ0v) is 10.8. The molecule has 2 rings (SSSR count). The molecule has 0 saturated heterocycles. The van der Waals surface area contributed by atoms with Crippen molar-refractivity contribution in [3.63, 3.8) is 0 Å². The third-order valence-corrected chi connectivity index (χ3v) is 3.06. The molecule has 0 aliphatic carbocycles. The predicted molar refractivity (Wildman–Crippen MR) is 71.7 cm³/mol. The maximum Gasteiger partial charge on any atom is 0.121 e. The molecule has 1 nitrogen and oxygen atoms in total. The number of halogens is 1. The van der Waals surface area contributed by atoms with Gasteiger partial charge in [-0.05, 0) is 48.7 Å². The van der Waals surface area contributed by atoms with Crippen molar-refractivity contribution in [2.45, 2.75) is 20.5 Å². The summed E-state index contributed by atoms with van der Waals surface area (Å²) in [6.07, 6.45) is 0. The highest BCUT2D eigenvalue weighted by Crippen LogP contribution is 2.20. The van der Waals surface area contributed by atoms with Crippen LogP contribution in [-0.2, 0) is 6.61 Å². The van der Waals surface area contributed by atoms with Gasteiger partial charge in [0.05, 0.1) is 0 Å². The first-order chi connectivity index (χ1) is 8.16. The highest BCUT2D eigenvalue weighted by molar-refractivity contribution is 6.30. The van der Waals surface area contributed by atoms with E-state index in [1.54, 1.807) is 0 Å². The lowest BCUT2D eigenvalue weighted by atomic mass is 10.0. The minimum absolute atomic E-state index is 0.582. The molecule has 0 bridgehead atoms. The van der Waals surface area contributed by atoms with E-state index in [2.05, 4.69) is 32.0 Å². The second-order valence-corrected chi connectivity index (χ2v) is 4.55. The fourth-order valence-electron chi connectivity index (χ4n) is 1.79. The monoisotopic (exact) mass is 246 g/mol. The minimum Gasteiger partial charge on any atom is -0.489 e. The number of ether oxygens (including phenoxy) is 1. The fraction of sp³-hybridized carbons (Fsp3) is 0.200. The van der Waals surface area contributed by atoms with E-state index < -0.39 is 0 Å². The summed E-state index contributed by atoms with van der Waals surface area (Å²) in [5.74, 6) is 0.806. The van der Waals surface area contributed by atoms with Crippen molar-refractivity contribution in [1.29, 1.82) is 0 Å². The number of rotatable bonds is 3. The van der Waals surface area contributed by atoms with Crippen molar-refractivity contribution in [3.8, 4) is 5.75 Å². The summed E-state index contributed by atoms with van der Waals surface area (Å²) in [5, 5.41) is 0.698. The number of hydrogen-bond donors (Lipinski definition) is 0. The smallest absolute Gasteiger partial charge is 0.121 e. The second-order valence-electron chi connectivity index (χ2n) is 4.12. The molecule has 0 aliphatic heterocycles. The van der Waals surface area contributed by atoms with Gasteiger partial charge in [0.1, 0.15) is 12.4 Å². The zero-order valence-electron chi connectivity index (χ0n) is 10.0. The van der Waals surface area contributed by atoms with Crippen LogP contribution in [0.1, 0.15) is 16.7 Å². The van der Waals surface area contributed by atoms with E-state index in [1.807, 2.05) is 24.3 Å². The molecule has 0 fully saturated rings. The highest BCUT2D eigenvalue weighted by atomic mass is 35.5. The van der Waals surface area contributed by atoms with Crippen LogP contribution in [0.5, 0.6) is 5.75 Å². The Morgan fingerprint density at radius 3 is 2.29 bits per heavy atom. The molecule has 0 amide bonds. The zero-order chi connectivity index (χ0) is 12.3. The highest BCUT2D eigenvalue weighted by Gasteiger charge is 2.03. The Morgan fingerprint density at radius 2 is 1.65 bits per heavy atom. The van der Waals surface area contributed by atoms with Gasteiger partial charge in [-0.1, -0.05) is 35.9 Å². The molecule has 2 aromatic rings. The Labute approximate surface area is 107 Å². The van der Waals surface area contributed by atoms with Crippen molar-refractivity contribution in [3.05, 3.63) is 64.2 Å². The maximum absolute atomic E-state index is 5.91. The van der Waals surface area contributed by atoms with Crippen LogP contribution in [-0.4, -0.2) is 0 Å². The predicted octanol–water partition coefficient (Wildman–Crippen LogP) is 4.54. The van der Waals surface area contributed by atoms with Crippen LogP contribution in [0.15, 0.2) is 42.5 Å². The van der Waals surface area contributed by atoms with E-state index in [0.717, 1.165) is 5.75 Å². The van der Waals surface area contributed by atoms with Gasteiger partial charge in [0.15, 0.2) is 0 Å². The third-order valence-electron chi connectivity index (χ3n) is 2.82. The quantitative estimate of drug-likeness (QED) is 0.773. The Bertz CT molecular complexity index is 500. The molecule has 2 aromatic carbocycles. The molecule has 0 atom stereocenters. The van der Waals surface area contributed by atoms with Gasteiger partial charge in [0.25, 0.3) is 0 Å². The van der Waals surface area contributed by atoms with Crippen LogP contribution < -0.4 is 4.74 Å². The molecule has 0 aliphatic rings. The summed E-state index contributed by atoms with van der Waals surface area (Å²) in [4.78, 5) is 0. The maximum atomic E-state index is 5.91. The van der Waals surface area contributed by atoms with Crippen LogP contribution in [0.4, 0.5) is 0 Å². The van der Waals surface area contributed by atoms with E-state index in [1.165, 1.54) is 16.7 Å². The first-order valence-electron chi connectivity index (χ1n) is 5.60. The van der Waals surface area contributed by atoms with Crippen molar-refractivity contribution in [2.24, 2.45) is 0 Å². The largest absolute Gasteiger partial charge is 0.489 e. The van der Waals surface area contributed by atoms with Gasteiger partial charge < -0.3 is 4.74 Å². The Hall–Kier alpha value is -1.47. The van der Waals surface area contributed by atoms with E-state index in [4.69, 9.17) is 16.3 Å². The van der Waals surface area contributed by atoms with E-state index in [0.29, 0.717) is 11.6 Å². The average Bonchev–Trinajstić information content (AvgIpc) is 2.28. The first-order valence-corrected chi connectivity index (χ1v) is 5.98. The van der Waals surface area contributed by atoms with Gasteiger partial charge in [-0.2, -0.15) is 0 Å². The van der Waals surface area contributed by atoms with Crippen molar-refractivity contribution < 1.29 is 4.74 Å².